The van der Waals surface area contributed by atoms with Gasteiger partial charge >= 0.3 is 5.97 Å². The van der Waals surface area contributed by atoms with Gasteiger partial charge in [-0.15, -0.1) is 0 Å². The fraction of sp³-hybridized carbons (Fsp3) is 0.150. The molecule has 24 heavy (non-hydrogen) atoms. The SMILES string of the molecule is Cc1ccccc1-c1cc(COCc2ccco2)ccc1C(=O)O. The Morgan fingerprint density at radius 2 is 1.88 bits per heavy atom. The summed E-state index contributed by atoms with van der Waals surface area (Å²) >= 11 is 0. The Hall–Kier alpha value is -2.85. The largest absolute Gasteiger partial charge is 0.478 e. The summed E-state index contributed by atoms with van der Waals surface area (Å²) in [6.07, 6.45) is 1.61. The monoisotopic (exact) mass is 322 g/mol. The number of hydrogen-bond donors (Lipinski definition) is 1. The fourth-order valence-corrected chi connectivity index (χ4v) is 2.63. The number of furan rings is 1. The summed E-state index contributed by atoms with van der Waals surface area (Å²) in [7, 11) is 0. The van der Waals surface area contributed by atoms with Crippen LogP contribution in [0, 0.1) is 6.92 Å². The summed E-state index contributed by atoms with van der Waals surface area (Å²) in [6, 6.07) is 16.7. The first-order valence-electron chi connectivity index (χ1n) is 7.67. The maximum atomic E-state index is 11.5. The quantitative estimate of drug-likeness (QED) is 0.716. The lowest BCUT2D eigenvalue weighted by Crippen LogP contribution is -2.02. The molecule has 0 amide bonds. The zero-order valence-electron chi connectivity index (χ0n) is 13.4. The van der Waals surface area contributed by atoms with E-state index in [2.05, 4.69) is 0 Å². The highest BCUT2D eigenvalue weighted by Gasteiger charge is 2.14. The first-order chi connectivity index (χ1) is 11.6. The van der Waals surface area contributed by atoms with Gasteiger partial charge in [-0.05, 0) is 53.4 Å². The molecule has 0 saturated heterocycles. The molecule has 1 N–H and O–H groups in total. The van der Waals surface area contributed by atoms with E-state index < -0.39 is 5.97 Å². The first kappa shape index (κ1) is 16.0. The molecule has 1 heterocycles. The van der Waals surface area contributed by atoms with Crippen molar-refractivity contribution < 1.29 is 19.1 Å². The van der Waals surface area contributed by atoms with E-state index in [9.17, 15) is 9.90 Å². The molecule has 122 valence electrons. The van der Waals surface area contributed by atoms with Gasteiger partial charge < -0.3 is 14.3 Å². The summed E-state index contributed by atoms with van der Waals surface area (Å²) in [5, 5.41) is 9.47. The van der Waals surface area contributed by atoms with Crippen molar-refractivity contribution in [3.8, 4) is 11.1 Å². The van der Waals surface area contributed by atoms with Gasteiger partial charge in [-0.2, -0.15) is 0 Å². The van der Waals surface area contributed by atoms with Gasteiger partial charge in [-0.1, -0.05) is 30.3 Å². The Kier molecular flexibility index (Phi) is 4.77. The van der Waals surface area contributed by atoms with Crippen LogP contribution in [0.15, 0.2) is 65.3 Å². The second kappa shape index (κ2) is 7.15. The van der Waals surface area contributed by atoms with Crippen molar-refractivity contribution in [2.24, 2.45) is 0 Å². The highest BCUT2D eigenvalue weighted by Crippen LogP contribution is 2.28. The van der Waals surface area contributed by atoms with Crippen molar-refractivity contribution in [1.29, 1.82) is 0 Å². The minimum atomic E-state index is -0.934. The molecule has 4 nitrogen and oxygen atoms in total. The fourth-order valence-electron chi connectivity index (χ4n) is 2.63. The van der Waals surface area contributed by atoms with Crippen molar-refractivity contribution in [2.45, 2.75) is 20.1 Å². The number of rotatable bonds is 6. The Morgan fingerprint density at radius 1 is 1.04 bits per heavy atom. The smallest absolute Gasteiger partial charge is 0.336 e. The Morgan fingerprint density at radius 3 is 2.58 bits per heavy atom. The molecule has 1 aromatic heterocycles. The topological polar surface area (TPSA) is 59.7 Å². The third kappa shape index (κ3) is 3.55. The lowest BCUT2D eigenvalue weighted by molar-refractivity contribution is 0.0697. The molecule has 0 aliphatic rings. The number of carboxylic acid groups (broad SMARTS) is 1. The van der Waals surface area contributed by atoms with Gasteiger partial charge in [0.15, 0.2) is 0 Å². The van der Waals surface area contributed by atoms with E-state index in [1.807, 2.05) is 49.4 Å². The third-order valence-electron chi connectivity index (χ3n) is 3.84. The molecule has 0 spiro atoms. The van der Waals surface area contributed by atoms with Crippen LogP contribution < -0.4 is 0 Å². The van der Waals surface area contributed by atoms with Crippen LogP contribution in [0.2, 0.25) is 0 Å². The van der Waals surface area contributed by atoms with Crippen molar-refractivity contribution in [3.05, 3.63) is 83.3 Å². The Bertz CT molecular complexity index is 835. The highest BCUT2D eigenvalue weighted by atomic mass is 16.5. The lowest BCUT2D eigenvalue weighted by atomic mass is 9.94. The Labute approximate surface area is 140 Å². The predicted molar refractivity (Wildman–Crippen MR) is 90.8 cm³/mol. The van der Waals surface area contributed by atoms with Gasteiger partial charge in [0.05, 0.1) is 18.4 Å². The normalized spacial score (nSPS) is 10.7. The maximum Gasteiger partial charge on any atom is 0.336 e. The highest BCUT2D eigenvalue weighted by molar-refractivity contribution is 5.96. The maximum absolute atomic E-state index is 11.5. The molecular weight excluding hydrogens is 304 g/mol. The third-order valence-corrected chi connectivity index (χ3v) is 3.84. The van der Waals surface area contributed by atoms with Gasteiger partial charge in [0.25, 0.3) is 0 Å². The summed E-state index contributed by atoms with van der Waals surface area (Å²) in [5.41, 5.74) is 3.88. The minimum Gasteiger partial charge on any atom is -0.478 e. The standard InChI is InChI=1S/C20H18O4/c1-14-5-2-3-7-17(14)19-11-15(8-9-18(19)20(21)22)12-23-13-16-6-4-10-24-16/h2-11H,12-13H2,1H3,(H,21,22). The van der Waals surface area contributed by atoms with Crippen LogP contribution in [-0.2, 0) is 18.0 Å². The zero-order chi connectivity index (χ0) is 16.9. The van der Waals surface area contributed by atoms with E-state index in [0.29, 0.717) is 24.3 Å². The van der Waals surface area contributed by atoms with E-state index in [0.717, 1.165) is 22.5 Å². The van der Waals surface area contributed by atoms with Crippen LogP contribution in [0.1, 0.15) is 27.2 Å². The minimum absolute atomic E-state index is 0.291. The molecule has 3 rings (SSSR count). The number of ether oxygens (including phenoxy) is 1. The van der Waals surface area contributed by atoms with Gasteiger partial charge in [0, 0.05) is 0 Å². The Balaban J connectivity index is 1.86. The molecule has 0 unspecified atom stereocenters. The van der Waals surface area contributed by atoms with Crippen LogP contribution in [0.25, 0.3) is 11.1 Å². The molecule has 0 aliphatic heterocycles. The molecule has 3 aromatic rings. The molecule has 0 saturated carbocycles. The van der Waals surface area contributed by atoms with E-state index in [-0.39, 0.29) is 0 Å². The van der Waals surface area contributed by atoms with Crippen LogP contribution in [-0.4, -0.2) is 11.1 Å². The summed E-state index contributed by atoms with van der Waals surface area (Å²) in [6.45, 7) is 2.74. The second-order valence-electron chi connectivity index (χ2n) is 5.57. The molecule has 0 atom stereocenters. The zero-order valence-corrected chi connectivity index (χ0v) is 13.4. The lowest BCUT2D eigenvalue weighted by Gasteiger charge is -2.12. The molecule has 4 heteroatoms. The van der Waals surface area contributed by atoms with Crippen LogP contribution in [0.5, 0.6) is 0 Å². The molecule has 2 aromatic carbocycles. The summed E-state index contributed by atoms with van der Waals surface area (Å²) in [4.78, 5) is 11.5. The number of aryl methyl sites for hydroxylation is 1. The molecule has 0 bridgehead atoms. The first-order valence-corrected chi connectivity index (χ1v) is 7.67. The van der Waals surface area contributed by atoms with Gasteiger partial charge in [0.2, 0.25) is 0 Å². The average molecular weight is 322 g/mol. The van der Waals surface area contributed by atoms with Crippen molar-refractivity contribution in [3.63, 3.8) is 0 Å². The van der Waals surface area contributed by atoms with E-state index in [1.165, 1.54) is 0 Å². The van der Waals surface area contributed by atoms with Crippen LogP contribution >= 0.6 is 0 Å². The number of carboxylic acids is 1. The molecule has 0 radical (unpaired) electrons. The number of hydrogen-bond acceptors (Lipinski definition) is 3. The van der Waals surface area contributed by atoms with E-state index in [4.69, 9.17) is 9.15 Å². The van der Waals surface area contributed by atoms with Gasteiger partial charge in [0.1, 0.15) is 12.4 Å². The van der Waals surface area contributed by atoms with Crippen molar-refractivity contribution in [2.75, 3.05) is 0 Å². The van der Waals surface area contributed by atoms with Gasteiger partial charge in [-0.3, -0.25) is 0 Å². The number of benzene rings is 2. The predicted octanol–water partition coefficient (Wildman–Crippen LogP) is 4.67. The van der Waals surface area contributed by atoms with E-state index in [1.54, 1.807) is 18.4 Å². The molecule has 0 fully saturated rings. The van der Waals surface area contributed by atoms with Crippen molar-refractivity contribution >= 4 is 5.97 Å². The molecular formula is C20H18O4. The number of aromatic carboxylic acids is 1. The average Bonchev–Trinajstić information content (AvgIpc) is 3.08. The van der Waals surface area contributed by atoms with Crippen molar-refractivity contribution in [1.82, 2.24) is 0 Å². The van der Waals surface area contributed by atoms with E-state index >= 15 is 0 Å². The molecule has 0 aliphatic carbocycles. The van der Waals surface area contributed by atoms with Crippen LogP contribution in [0.3, 0.4) is 0 Å². The van der Waals surface area contributed by atoms with Gasteiger partial charge in [-0.25, -0.2) is 4.79 Å². The summed E-state index contributed by atoms with van der Waals surface area (Å²) < 4.78 is 10.9. The number of carbonyl (C=O) groups is 1. The second-order valence-corrected chi connectivity index (χ2v) is 5.57. The summed E-state index contributed by atoms with van der Waals surface area (Å²) in [5.74, 6) is -0.174. The van der Waals surface area contributed by atoms with Crippen LogP contribution in [0.4, 0.5) is 0 Å².